The number of methoxy groups -OCH3 is 2. The number of ether oxygens (including phenoxy) is 2. The number of nitrogens with one attached hydrogen (secondary N) is 2. The molecule has 17 heavy (non-hydrogen) atoms. The van der Waals surface area contributed by atoms with E-state index in [1.807, 2.05) is 6.92 Å². The molecule has 0 fully saturated rings. The van der Waals surface area contributed by atoms with Crippen molar-refractivity contribution in [3.8, 4) is 11.5 Å². The zero-order chi connectivity index (χ0) is 12.4. The molecule has 0 saturated heterocycles. The normalized spacial score (nSPS) is 17.6. The monoisotopic (exact) mass is 236 g/mol. The molecule has 1 aromatic carbocycles. The number of hydrogen-bond donors (Lipinski definition) is 2. The molecule has 1 unspecified atom stereocenters. The molecule has 0 aromatic heterocycles. The fourth-order valence-electron chi connectivity index (χ4n) is 2.02. The maximum absolute atomic E-state index is 11.8. The van der Waals surface area contributed by atoms with E-state index < -0.39 is 0 Å². The number of rotatable bonds is 4. The number of carbonyl (C=O) groups excluding carboxylic acids is 1. The molecule has 0 spiro atoms. The number of hydrogen-bond acceptors (Lipinski definition) is 4. The van der Waals surface area contributed by atoms with Crippen LogP contribution in [0.4, 0.5) is 5.69 Å². The fraction of sp³-hybridized carbons (Fsp3) is 0.417. The average Bonchev–Trinajstić information content (AvgIpc) is 2.65. The third kappa shape index (κ3) is 1.93. The number of likely N-dealkylation sites (N-methyl/N-ethyl adjacent to an activating group) is 1. The van der Waals surface area contributed by atoms with Gasteiger partial charge in [-0.3, -0.25) is 4.79 Å². The smallest absolute Gasteiger partial charge is 0.246 e. The zero-order valence-corrected chi connectivity index (χ0v) is 10.2. The highest BCUT2D eigenvalue weighted by molar-refractivity contribution is 6.03. The second-order valence-corrected chi connectivity index (χ2v) is 3.77. The van der Waals surface area contributed by atoms with Gasteiger partial charge in [0.2, 0.25) is 5.91 Å². The predicted molar refractivity (Wildman–Crippen MR) is 64.6 cm³/mol. The lowest BCUT2D eigenvalue weighted by atomic mass is 10.1. The molecule has 0 bridgehead atoms. The van der Waals surface area contributed by atoms with Gasteiger partial charge in [-0.2, -0.15) is 0 Å². The molecule has 0 radical (unpaired) electrons. The molecule has 1 aromatic rings. The second kappa shape index (κ2) is 4.63. The molecular formula is C12H16N2O3. The SMILES string of the molecule is CCNC1C(=O)Nc2cc(OC)cc(OC)c21. The van der Waals surface area contributed by atoms with Gasteiger partial charge in [-0.05, 0) is 6.54 Å². The molecular weight excluding hydrogens is 220 g/mol. The molecule has 0 saturated carbocycles. The molecule has 1 aliphatic rings. The Balaban J connectivity index is 2.49. The highest BCUT2D eigenvalue weighted by Crippen LogP contribution is 2.41. The van der Waals surface area contributed by atoms with E-state index in [-0.39, 0.29) is 11.9 Å². The van der Waals surface area contributed by atoms with Crippen molar-refractivity contribution in [1.29, 1.82) is 0 Å². The van der Waals surface area contributed by atoms with Crippen LogP contribution in [-0.2, 0) is 4.79 Å². The highest BCUT2D eigenvalue weighted by Gasteiger charge is 2.33. The van der Waals surface area contributed by atoms with Gasteiger partial charge in [-0.1, -0.05) is 6.92 Å². The van der Waals surface area contributed by atoms with Crippen LogP contribution in [0.2, 0.25) is 0 Å². The van der Waals surface area contributed by atoms with E-state index in [4.69, 9.17) is 9.47 Å². The Labute approximate surface area is 100 Å². The van der Waals surface area contributed by atoms with Crippen LogP contribution < -0.4 is 20.1 Å². The van der Waals surface area contributed by atoms with Crippen molar-refractivity contribution >= 4 is 11.6 Å². The summed E-state index contributed by atoms with van der Waals surface area (Å²) in [4.78, 5) is 11.8. The molecule has 0 aliphatic carbocycles. The Morgan fingerprint density at radius 3 is 2.71 bits per heavy atom. The minimum Gasteiger partial charge on any atom is -0.497 e. The maximum Gasteiger partial charge on any atom is 0.246 e. The van der Waals surface area contributed by atoms with Gasteiger partial charge in [-0.25, -0.2) is 0 Å². The highest BCUT2D eigenvalue weighted by atomic mass is 16.5. The summed E-state index contributed by atoms with van der Waals surface area (Å²) >= 11 is 0. The number of fused-ring (bicyclic) bond motifs is 1. The predicted octanol–water partition coefficient (Wildman–Crippen LogP) is 1.31. The van der Waals surface area contributed by atoms with Crippen molar-refractivity contribution in [2.75, 3.05) is 26.1 Å². The standard InChI is InChI=1S/C12H16N2O3/c1-4-13-11-10-8(14-12(11)15)5-7(16-2)6-9(10)17-3/h5-6,11,13H,4H2,1-3H3,(H,14,15). The van der Waals surface area contributed by atoms with Gasteiger partial charge >= 0.3 is 0 Å². The molecule has 1 amide bonds. The third-order valence-corrected chi connectivity index (χ3v) is 2.79. The maximum atomic E-state index is 11.8. The fourth-order valence-corrected chi connectivity index (χ4v) is 2.02. The Hall–Kier alpha value is -1.75. The second-order valence-electron chi connectivity index (χ2n) is 3.77. The minimum absolute atomic E-state index is 0.0617. The van der Waals surface area contributed by atoms with Gasteiger partial charge < -0.3 is 20.1 Å². The van der Waals surface area contributed by atoms with Crippen LogP contribution in [0.15, 0.2) is 12.1 Å². The number of amides is 1. The summed E-state index contributed by atoms with van der Waals surface area (Å²) in [6.07, 6.45) is 0. The summed E-state index contributed by atoms with van der Waals surface area (Å²) in [5.41, 5.74) is 1.59. The molecule has 1 aliphatic heterocycles. The molecule has 5 heteroatoms. The van der Waals surface area contributed by atoms with E-state index in [9.17, 15) is 4.79 Å². The molecule has 2 N–H and O–H groups in total. The van der Waals surface area contributed by atoms with E-state index in [0.717, 1.165) is 11.3 Å². The first kappa shape index (κ1) is 11.7. The first-order valence-electron chi connectivity index (χ1n) is 5.51. The summed E-state index contributed by atoms with van der Waals surface area (Å²) in [7, 11) is 3.17. The van der Waals surface area contributed by atoms with Gasteiger partial charge in [0.05, 0.1) is 19.9 Å². The topological polar surface area (TPSA) is 59.6 Å². The summed E-state index contributed by atoms with van der Waals surface area (Å²) < 4.78 is 10.5. The van der Waals surface area contributed by atoms with E-state index in [0.29, 0.717) is 18.0 Å². The van der Waals surface area contributed by atoms with Gasteiger partial charge in [0.15, 0.2) is 0 Å². The van der Waals surface area contributed by atoms with E-state index >= 15 is 0 Å². The third-order valence-electron chi connectivity index (χ3n) is 2.79. The Morgan fingerprint density at radius 2 is 2.12 bits per heavy atom. The van der Waals surface area contributed by atoms with E-state index in [1.165, 1.54) is 0 Å². The van der Waals surface area contributed by atoms with Gasteiger partial charge in [0, 0.05) is 17.7 Å². The van der Waals surface area contributed by atoms with Crippen LogP contribution in [0.3, 0.4) is 0 Å². The largest absolute Gasteiger partial charge is 0.497 e. The molecule has 92 valence electrons. The van der Waals surface area contributed by atoms with E-state index in [2.05, 4.69) is 10.6 Å². The molecule has 1 atom stereocenters. The van der Waals surface area contributed by atoms with Crippen LogP contribution in [-0.4, -0.2) is 26.7 Å². The first-order chi connectivity index (χ1) is 8.21. The van der Waals surface area contributed by atoms with Gasteiger partial charge in [0.1, 0.15) is 17.5 Å². The quantitative estimate of drug-likeness (QED) is 0.827. The van der Waals surface area contributed by atoms with Crippen molar-refractivity contribution < 1.29 is 14.3 Å². The molecule has 2 rings (SSSR count). The van der Waals surface area contributed by atoms with E-state index in [1.54, 1.807) is 26.4 Å². The summed E-state index contributed by atoms with van der Waals surface area (Å²) in [6.45, 7) is 2.67. The lowest BCUT2D eigenvalue weighted by Crippen LogP contribution is -2.27. The Bertz CT molecular complexity index is 446. The van der Waals surface area contributed by atoms with Crippen LogP contribution in [0.25, 0.3) is 0 Å². The van der Waals surface area contributed by atoms with Crippen molar-refractivity contribution in [3.05, 3.63) is 17.7 Å². The summed E-state index contributed by atoms with van der Waals surface area (Å²) in [5.74, 6) is 1.26. The van der Waals surface area contributed by atoms with Crippen LogP contribution in [0.5, 0.6) is 11.5 Å². The average molecular weight is 236 g/mol. The minimum atomic E-state index is -0.351. The molecule has 5 nitrogen and oxygen atoms in total. The van der Waals surface area contributed by atoms with Crippen LogP contribution >= 0.6 is 0 Å². The Kier molecular flexibility index (Phi) is 3.19. The number of anilines is 1. The first-order valence-corrected chi connectivity index (χ1v) is 5.51. The van der Waals surface area contributed by atoms with Gasteiger partial charge in [0.25, 0.3) is 0 Å². The van der Waals surface area contributed by atoms with Gasteiger partial charge in [-0.15, -0.1) is 0 Å². The Morgan fingerprint density at radius 1 is 1.35 bits per heavy atom. The molecule has 1 heterocycles. The van der Waals surface area contributed by atoms with Crippen molar-refractivity contribution in [1.82, 2.24) is 5.32 Å². The van der Waals surface area contributed by atoms with Crippen molar-refractivity contribution in [3.63, 3.8) is 0 Å². The van der Waals surface area contributed by atoms with Crippen LogP contribution in [0, 0.1) is 0 Å². The number of carbonyl (C=O) groups is 1. The van der Waals surface area contributed by atoms with Crippen LogP contribution in [0.1, 0.15) is 18.5 Å². The summed E-state index contributed by atoms with van der Waals surface area (Å²) in [6, 6.07) is 3.23. The summed E-state index contributed by atoms with van der Waals surface area (Å²) in [5, 5.41) is 5.95. The lowest BCUT2D eigenvalue weighted by molar-refractivity contribution is -0.117. The van der Waals surface area contributed by atoms with Crippen molar-refractivity contribution in [2.45, 2.75) is 13.0 Å². The lowest BCUT2D eigenvalue weighted by Gasteiger charge is -2.14. The van der Waals surface area contributed by atoms with Crippen molar-refractivity contribution in [2.24, 2.45) is 0 Å². The number of benzene rings is 1. The zero-order valence-electron chi connectivity index (χ0n) is 10.2.